The van der Waals surface area contributed by atoms with Gasteiger partial charge in [0.15, 0.2) is 0 Å². The van der Waals surface area contributed by atoms with Gasteiger partial charge in [0.2, 0.25) is 0 Å². The van der Waals surface area contributed by atoms with E-state index in [0.717, 1.165) is 0 Å². The maximum absolute atomic E-state index is 13.4. The predicted octanol–water partition coefficient (Wildman–Crippen LogP) is 2.18. The molecule has 0 aliphatic rings. The van der Waals surface area contributed by atoms with Crippen molar-refractivity contribution in [2.45, 2.75) is 13.0 Å². The topological polar surface area (TPSA) is 46.5 Å². The molecular formula is C10H10BrFO3. The third kappa shape index (κ3) is 3.28. The minimum absolute atomic E-state index is 0.102. The van der Waals surface area contributed by atoms with E-state index in [1.165, 1.54) is 19.1 Å². The molecule has 1 atom stereocenters. The zero-order valence-electron chi connectivity index (χ0n) is 8.04. The van der Waals surface area contributed by atoms with Crippen molar-refractivity contribution in [1.82, 2.24) is 0 Å². The highest BCUT2D eigenvalue weighted by molar-refractivity contribution is 9.10. The molecule has 0 unspecified atom stereocenters. The number of carbonyl (C=O) groups excluding carboxylic acids is 1. The molecule has 0 aliphatic carbocycles. The molecule has 1 N–H and O–H groups in total. The van der Waals surface area contributed by atoms with Gasteiger partial charge in [-0.1, -0.05) is 12.1 Å². The SMILES string of the molecule is CC(=O)OC[C@H](O)c1cccc(Br)c1F. The molecule has 0 fully saturated rings. The lowest BCUT2D eigenvalue weighted by Crippen LogP contribution is -2.11. The van der Waals surface area contributed by atoms with Crippen LogP contribution in [0.5, 0.6) is 0 Å². The molecule has 1 aromatic rings. The zero-order valence-corrected chi connectivity index (χ0v) is 9.62. The van der Waals surface area contributed by atoms with Gasteiger partial charge in [-0.05, 0) is 22.0 Å². The number of benzene rings is 1. The average Bonchev–Trinajstić information content (AvgIpc) is 2.18. The van der Waals surface area contributed by atoms with E-state index in [1.807, 2.05) is 0 Å². The molecule has 0 aliphatic heterocycles. The van der Waals surface area contributed by atoms with Crippen LogP contribution in [0.2, 0.25) is 0 Å². The van der Waals surface area contributed by atoms with E-state index >= 15 is 0 Å². The Balaban J connectivity index is 2.77. The van der Waals surface area contributed by atoms with Crippen LogP contribution in [-0.4, -0.2) is 17.7 Å². The summed E-state index contributed by atoms with van der Waals surface area (Å²) in [6.07, 6.45) is -1.15. The second-order valence-corrected chi connectivity index (χ2v) is 3.82. The first-order chi connectivity index (χ1) is 7.02. The molecule has 1 rings (SSSR count). The van der Waals surface area contributed by atoms with Crippen molar-refractivity contribution in [3.63, 3.8) is 0 Å². The first-order valence-corrected chi connectivity index (χ1v) is 5.07. The van der Waals surface area contributed by atoms with Gasteiger partial charge in [0.05, 0.1) is 4.47 Å². The third-order valence-electron chi connectivity index (χ3n) is 1.78. The van der Waals surface area contributed by atoms with E-state index in [9.17, 15) is 14.3 Å². The van der Waals surface area contributed by atoms with E-state index in [0.29, 0.717) is 0 Å². The number of aliphatic hydroxyl groups excluding tert-OH is 1. The van der Waals surface area contributed by atoms with Gasteiger partial charge in [-0.15, -0.1) is 0 Å². The lowest BCUT2D eigenvalue weighted by Gasteiger charge is -2.12. The molecule has 3 nitrogen and oxygen atoms in total. The Morgan fingerprint density at radius 2 is 2.33 bits per heavy atom. The number of rotatable bonds is 3. The molecule has 5 heteroatoms. The summed E-state index contributed by atoms with van der Waals surface area (Å²) in [5, 5.41) is 9.54. The summed E-state index contributed by atoms with van der Waals surface area (Å²) in [5.41, 5.74) is 0.102. The maximum Gasteiger partial charge on any atom is 0.302 e. The number of hydrogen-bond acceptors (Lipinski definition) is 3. The fourth-order valence-corrected chi connectivity index (χ4v) is 1.45. The van der Waals surface area contributed by atoms with Crippen LogP contribution >= 0.6 is 15.9 Å². The average molecular weight is 277 g/mol. The first kappa shape index (κ1) is 12.1. The summed E-state index contributed by atoms with van der Waals surface area (Å²) < 4.78 is 18.3. The highest BCUT2D eigenvalue weighted by Gasteiger charge is 2.15. The first-order valence-electron chi connectivity index (χ1n) is 4.27. The van der Waals surface area contributed by atoms with Crippen LogP contribution in [-0.2, 0) is 9.53 Å². The molecule has 0 aromatic heterocycles. The van der Waals surface area contributed by atoms with Gasteiger partial charge in [-0.2, -0.15) is 0 Å². The number of esters is 1. The molecule has 0 saturated carbocycles. The molecular weight excluding hydrogens is 267 g/mol. The minimum Gasteiger partial charge on any atom is -0.463 e. The smallest absolute Gasteiger partial charge is 0.302 e. The van der Waals surface area contributed by atoms with Gasteiger partial charge in [0, 0.05) is 12.5 Å². The molecule has 82 valence electrons. The summed E-state index contributed by atoms with van der Waals surface area (Å²) in [5.74, 6) is -1.05. The third-order valence-corrected chi connectivity index (χ3v) is 2.40. The highest BCUT2D eigenvalue weighted by atomic mass is 79.9. The molecule has 0 spiro atoms. The molecule has 0 radical (unpaired) electrons. The molecule has 0 bridgehead atoms. The number of hydrogen-bond donors (Lipinski definition) is 1. The molecule has 0 saturated heterocycles. The van der Waals surface area contributed by atoms with Gasteiger partial charge >= 0.3 is 5.97 Å². The largest absolute Gasteiger partial charge is 0.463 e. The molecule has 0 heterocycles. The number of aliphatic hydroxyl groups is 1. The van der Waals surface area contributed by atoms with E-state index in [1.54, 1.807) is 6.07 Å². The Labute approximate surface area is 95.0 Å². The Morgan fingerprint density at radius 3 is 2.93 bits per heavy atom. The van der Waals surface area contributed by atoms with E-state index in [2.05, 4.69) is 20.7 Å². The van der Waals surface area contributed by atoms with Crippen LogP contribution in [0.25, 0.3) is 0 Å². The fourth-order valence-electron chi connectivity index (χ4n) is 1.06. The Bertz CT molecular complexity index is 368. The zero-order chi connectivity index (χ0) is 11.4. The van der Waals surface area contributed by atoms with Crippen molar-refractivity contribution in [3.8, 4) is 0 Å². The lowest BCUT2D eigenvalue weighted by molar-refractivity contribution is -0.144. The summed E-state index contributed by atoms with van der Waals surface area (Å²) in [6, 6.07) is 4.56. The van der Waals surface area contributed by atoms with Crippen LogP contribution < -0.4 is 0 Å². The van der Waals surface area contributed by atoms with Gasteiger partial charge in [0.25, 0.3) is 0 Å². The summed E-state index contributed by atoms with van der Waals surface area (Å²) in [6.45, 7) is 0.979. The van der Waals surface area contributed by atoms with E-state index in [4.69, 9.17) is 0 Å². The van der Waals surface area contributed by atoms with Gasteiger partial charge in [0.1, 0.15) is 18.5 Å². The van der Waals surface area contributed by atoms with Crippen molar-refractivity contribution in [1.29, 1.82) is 0 Å². The van der Waals surface area contributed by atoms with Gasteiger partial charge in [-0.25, -0.2) is 4.39 Å². The van der Waals surface area contributed by atoms with Crippen molar-refractivity contribution in [2.24, 2.45) is 0 Å². The summed E-state index contributed by atoms with van der Waals surface area (Å²) in [4.78, 5) is 10.5. The monoisotopic (exact) mass is 276 g/mol. The lowest BCUT2D eigenvalue weighted by atomic mass is 10.1. The van der Waals surface area contributed by atoms with Crippen LogP contribution in [0.15, 0.2) is 22.7 Å². The van der Waals surface area contributed by atoms with E-state index < -0.39 is 17.9 Å². The highest BCUT2D eigenvalue weighted by Crippen LogP contribution is 2.23. The standard InChI is InChI=1S/C10H10BrFO3/c1-6(13)15-5-9(14)7-3-2-4-8(11)10(7)12/h2-4,9,14H,5H2,1H3/t9-/m0/s1. The molecule has 15 heavy (non-hydrogen) atoms. The number of carbonyl (C=O) groups is 1. The van der Waals surface area contributed by atoms with Gasteiger partial charge in [-0.3, -0.25) is 4.79 Å². The predicted molar refractivity (Wildman–Crippen MR) is 55.7 cm³/mol. The second kappa shape index (κ2) is 5.23. The van der Waals surface area contributed by atoms with E-state index in [-0.39, 0.29) is 16.6 Å². The second-order valence-electron chi connectivity index (χ2n) is 2.96. The Kier molecular flexibility index (Phi) is 4.23. The minimum atomic E-state index is -1.15. The molecule has 0 amide bonds. The Morgan fingerprint density at radius 1 is 1.67 bits per heavy atom. The number of ether oxygens (including phenoxy) is 1. The quantitative estimate of drug-likeness (QED) is 0.861. The van der Waals surface area contributed by atoms with Crippen molar-refractivity contribution < 1.29 is 19.0 Å². The maximum atomic E-state index is 13.4. The Hall–Kier alpha value is -0.940. The van der Waals surface area contributed by atoms with Crippen LogP contribution in [0, 0.1) is 5.82 Å². The van der Waals surface area contributed by atoms with Crippen molar-refractivity contribution in [2.75, 3.05) is 6.61 Å². The summed E-state index contributed by atoms with van der Waals surface area (Å²) >= 11 is 3.00. The van der Waals surface area contributed by atoms with Crippen LogP contribution in [0.4, 0.5) is 4.39 Å². The van der Waals surface area contributed by atoms with Crippen molar-refractivity contribution in [3.05, 3.63) is 34.1 Å². The summed E-state index contributed by atoms with van der Waals surface area (Å²) in [7, 11) is 0. The fraction of sp³-hybridized carbons (Fsp3) is 0.300. The van der Waals surface area contributed by atoms with Crippen molar-refractivity contribution >= 4 is 21.9 Å². The van der Waals surface area contributed by atoms with Gasteiger partial charge < -0.3 is 9.84 Å². The number of halogens is 2. The normalized spacial score (nSPS) is 12.3. The van der Waals surface area contributed by atoms with Crippen LogP contribution in [0.1, 0.15) is 18.6 Å². The van der Waals surface area contributed by atoms with Crippen LogP contribution in [0.3, 0.4) is 0 Å². The molecule has 1 aromatic carbocycles.